The Morgan fingerprint density at radius 2 is 2.10 bits per heavy atom. The molecule has 29 heavy (non-hydrogen) atoms. The number of aryl methyl sites for hydroxylation is 2. The maximum atomic E-state index is 12.5. The number of carbonyl (C=O) groups excluding carboxylic acids is 2. The largest absolute Gasteiger partial charge is 0.467 e. The summed E-state index contributed by atoms with van der Waals surface area (Å²) >= 11 is 0. The first-order valence-electron chi connectivity index (χ1n) is 8.66. The van der Waals surface area contributed by atoms with Crippen molar-refractivity contribution in [2.45, 2.75) is 26.4 Å². The summed E-state index contributed by atoms with van der Waals surface area (Å²) in [7, 11) is 1.59. The Balaban J connectivity index is 1.60. The molecule has 0 atom stereocenters. The van der Waals surface area contributed by atoms with E-state index < -0.39 is 10.8 Å². The molecule has 3 rings (SSSR count). The summed E-state index contributed by atoms with van der Waals surface area (Å²) in [6, 6.07) is 3.45. The Morgan fingerprint density at radius 3 is 2.76 bits per heavy atom. The van der Waals surface area contributed by atoms with E-state index in [1.54, 1.807) is 26.1 Å². The van der Waals surface area contributed by atoms with Gasteiger partial charge in [-0.2, -0.15) is 10.2 Å². The fourth-order valence-electron chi connectivity index (χ4n) is 2.72. The highest BCUT2D eigenvalue weighted by molar-refractivity contribution is 6.02. The van der Waals surface area contributed by atoms with Crippen molar-refractivity contribution in [3.63, 3.8) is 0 Å². The first-order valence-corrected chi connectivity index (χ1v) is 8.66. The summed E-state index contributed by atoms with van der Waals surface area (Å²) in [5.74, 6) is -0.208. The topological polar surface area (TPSA) is 150 Å². The van der Waals surface area contributed by atoms with Crippen molar-refractivity contribution >= 4 is 23.2 Å². The first kappa shape index (κ1) is 19.8. The van der Waals surface area contributed by atoms with Crippen LogP contribution in [0.15, 0.2) is 35.2 Å². The van der Waals surface area contributed by atoms with Crippen LogP contribution in [0.25, 0.3) is 0 Å². The van der Waals surface area contributed by atoms with Crippen molar-refractivity contribution in [1.29, 1.82) is 0 Å². The Morgan fingerprint density at radius 1 is 1.31 bits per heavy atom. The molecule has 0 aliphatic rings. The van der Waals surface area contributed by atoms with Crippen molar-refractivity contribution < 1.29 is 18.9 Å². The van der Waals surface area contributed by atoms with Gasteiger partial charge in [0.2, 0.25) is 5.91 Å². The summed E-state index contributed by atoms with van der Waals surface area (Å²) in [4.78, 5) is 35.1. The van der Waals surface area contributed by atoms with E-state index >= 15 is 0 Å². The van der Waals surface area contributed by atoms with Gasteiger partial charge in [0.25, 0.3) is 5.91 Å². The molecule has 12 heteroatoms. The molecular formula is C17H19N7O5. The average Bonchev–Trinajstić information content (AvgIpc) is 3.39. The number of furan rings is 1. The van der Waals surface area contributed by atoms with E-state index in [1.165, 1.54) is 21.8 Å². The van der Waals surface area contributed by atoms with Crippen molar-refractivity contribution in [2.75, 3.05) is 5.32 Å². The number of carbonyl (C=O) groups is 2. The number of nitro groups is 1. The van der Waals surface area contributed by atoms with E-state index in [1.807, 2.05) is 0 Å². The molecule has 0 spiro atoms. The Labute approximate surface area is 164 Å². The van der Waals surface area contributed by atoms with Crippen LogP contribution in [0.5, 0.6) is 0 Å². The highest BCUT2D eigenvalue weighted by Gasteiger charge is 2.20. The van der Waals surface area contributed by atoms with E-state index in [-0.39, 0.29) is 42.5 Å². The van der Waals surface area contributed by atoms with Crippen LogP contribution in [0.4, 0.5) is 11.4 Å². The zero-order chi connectivity index (χ0) is 21.0. The number of amides is 2. The Hall–Kier alpha value is -3.96. The van der Waals surface area contributed by atoms with Gasteiger partial charge in [-0.3, -0.25) is 29.1 Å². The minimum Gasteiger partial charge on any atom is -0.467 e. The molecule has 2 amide bonds. The second-order valence-corrected chi connectivity index (χ2v) is 6.19. The molecule has 3 aromatic rings. The van der Waals surface area contributed by atoms with E-state index in [9.17, 15) is 19.7 Å². The average molecular weight is 401 g/mol. The molecule has 12 nitrogen and oxygen atoms in total. The van der Waals surface area contributed by atoms with E-state index in [2.05, 4.69) is 20.8 Å². The van der Waals surface area contributed by atoms with Gasteiger partial charge in [0, 0.05) is 13.5 Å². The molecule has 0 bridgehead atoms. The van der Waals surface area contributed by atoms with Crippen LogP contribution in [0.2, 0.25) is 0 Å². The summed E-state index contributed by atoms with van der Waals surface area (Å²) in [6.07, 6.45) is 4.05. The molecule has 0 aliphatic heterocycles. The molecule has 3 heterocycles. The molecule has 2 N–H and O–H groups in total. The van der Waals surface area contributed by atoms with E-state index in [0.717, 1.165) is 6.20 Å². The third-order valence-electron chi connectivity index (χ3n) is 4.26. The zero-order valence-electron chi connectivity index (χ0n) is 15.8. The molecular weight excluding hydrogens is 382 g/mol. The predicted octanol–water partition coefficient (Wildman–Crippen LogP) is 1.39. The van der Waals surface area contributed by atoms with Crippen LogP contribution >= 0.6 is 0 Å². The normalized spacial score (nSPS) is 10.7. The molecule has 0 aromatic carbocycles. The van der Waals surface area contributed by atoms with Crippen molar-refractivity contribution in [3.05, 3.63) is 58.1 Å². The van der Waals surface area contributed by atoms with Crippen LogP contribution in [-0.4, -0.2) is 36.3 Å². The highest BCUT2D eigenvalue weighted by atomic mass is 16.6. The van der Waals surface area contributed by atoms with Gasteiger partial charge in [-0.05, 0) is 19.1 Å². The maximum absolute atomic E-state index is 12.5. The Kier molecular flexibility index (Phi) is 5.71. The van der Waals surface area contributed by atoms with Crippen LogP contribution in [0.1, 0.15) is 28.4 Å². The minimum atomic E-state index is -0.526. The lowest BCUT2D eigenvalue weighted by Crippen LogP contribution is -2.26. The van der Waals surface area contributed by atoms with Crippen LogP contribution in [0, 0.1) is 17.0 Å². The smallest absolute Gasteiger partial charge is 0.309 e. The number of hydrogen-bond donors (Lipinski definition) is 2. The maximum Gasteiger partial charge on any atom is 0.309 e. The minimum absolute atomic E-state index is 0.0159. The van der Waals surface area contributed by atoms with E-state index in [0.29, 0.717) is 11.5 Å². The molecule has 0 saturated carbocycles. The van der Waals surface area contributed by atoms with Crippen molar-refractivity contribution in [3.8, 4) is 0 Å². The van der Waals surface area contributed by atoms with Crippen LogP contribution in [0.3, 0.4) is 0 Å². The lowest BCUT2D eigenvalue weighted by atomic mass is 10.3. The Bertz CT molecular complexity index is 1030. The fraction of sp³-hybridized carbons (Fsp3) is 0.294. The molecule has 0 radical (unpaired) electrons. The fourth-order valence-corrected chi connectivity index (χ4v) is 2.72. The number of rotatable bonds is 8. The van der Waals surface area contributed by atoms with Gasteiger partial charge in [0.05, 0.1) is 36.2 Å². The second kappa shape index (κ2) is 8.37. The lowest BCUT2D eigenvalue weighted by molar-refractivity contribution is -0.385. The zero-order valence-corrected chi connectivity index (χ0v) is 15.8. The standard InChI is InChI=1S/C17H19N7O5/c1-11-14(24(27)28)10-20-23(11)6-5-15(25)21-13-9-19-22(2)16(13)17(26)18-8-12-4-3-7-29-12/h3-4,7,9-10H,5-6,8H2,1-2H3,(H,18,26)(H,21,25). The second-order valence-electron chi connectivity index (χ2n) is 6.19. The SMILES string of the molecule is Cc1c([N+](=O)[O-])cnn1CCC(=O)Nc1cnn(C)c1C(=O)NCc1ccco1. The van der Waals surface area contributed by atoms with Gasteiger partial charge < -0.3 is 15.1 Å². The molecule has 0 aliphatic carbocycles. The van der Waals surface area contributed by atoms with Gasteiger partial charge in [-0.15, -0.1) is 0 Å². The predicted molar refractivity (Wildman–Crippen MR) is 100.0 cm³/mol. The van der Waals surface area contributed by atoms with Crippen molar-refractivity contribution in [2.24, 2.45) is 7.05 Å². The van der Waals surface area contributed by atoms with Gasteiger partial charge in [-0.25, -0.2) is 0 Å². The monoisotopic (exact) mass is 401 g/mol. The number of hydrogen-bond acceptors (Lipinski definition) is 7. The van der Waals surface area contributed by atoms with Gasteiger partial charge in [-0.1, -0.05) is 0 Å². The third-order valence-corrected chi connectivity index (χ3v) is 4.26. The quantitative estimate of drug-likeness (QED) is 0.427. The number of anilines is 1. The van der Waals surface area contributed by atoms with Crippen LogP contribution in [-0.2, 0) is 24.9 Å². The summed E-state index contributed by atoms with van der Waals surface area (Å²) in [6.45, 7) is 1.92. The number of aromatic nitrogens is 4. The van der Waals surface area contributed by atoms with Gasteiger partial charge >= 0.3 is 5.69 Å². The highest BCUT2D eigenvalue weighted by Crippen LogP contribution is 2.17. The molecule has 0 fully saturated rings. The van der Waals surface area contributed by atoms with Gasteiger partial charge in [0.1, 0.15) is 23.3 Å². The molecule has 0 unspecified atom stereocenters. The van der Waals surface area contributed by atoms with E-state index in [4.69, 9.17) is 4.42 Å². The number of nitrogens with zero attached hydrogens (tertiary/aromatic N) is 5. The van der Waals surface area contributed by atoms with Crippen LogP contribution < -0.4 is 10.6 Å². The van der Waals surface area contributed by atoms with Gasteiger partial charge in [0.15, 0.2) is 0 Å². The summed E-state index contributed by atoms with van der Waals surface area (Å²) in [5, 5.41) is 24.1. The van der Waals surface area contributed by atoms with Crippen molar-refractivity contribution in [1.82, 2.24) is 24.9 Å². The number of nitrogens with one attached hydrogen (secondary N) is 2. The lowest BCUT2D eigenvalue weighted by Gasteiger charge is -2.09. The third kappa shape index (κ3) is 4.48. The summed E-state index contributed by atoms with van der Waals surface area (Å²) < 4.78 is 7.91. The molecule has 0 saturated heterocycles. The molecule has 3 aromatic heterocycles. The first-order chi connectivity index (χ1) is 13.9. The summed E-state index contributed by atoms with van der Waals surface area (Å²) in [5.41, 5.74) is 0.712. The molecule has 152 valence electrons.